The van der Waals surface area contributed by atoms with Gasteiger partial charge in [0.05, 0.1) is 39.9 Å². The minimum atomic E-state index is -4.81. The summed E-state index contributed by atoms with van der Waals surface area (Å²) in [4.78, 5) is 27.3. The van der Waals surface area contributed by atoms with Crippen LogP contribution in [0.25, 0.3) is 0 Å². The number of hydrogen-bond donors (Lipinski definition) is 1. The van der Waals surface area contributed by atoms with Gasteiger partial charge in [-0.3, -0.25) is 9.59 Å². The van der Waals surface area contributed by atoms with Crippen molar-refractivity contribution in [2.45, 2.75) is 25.2 Å². The lowest BCUT2D eigenvalue weighted by Gasteiger charge is -2.20. The standard InChI is InChI=1S/C22H23F3N2O5/c1-26(11-10-14-4-9-18(30-2)19(12-14)31-3)17-13-20(28)27(21(17)29)15-5-7-16(8-6-15)32-22(23,24)25/h4-9,12,17H,10-11,13H2,1-3H3/p+1. The Hall–Kier alpha value is -3.27. The predicted molar refractivity (Wildman–Crippen MR) is 109 cm³/mol. The molecule has 0 saturated carbocycles. The van der Waals surface area contributed by atoms with Crippen LogP contribution in [0, 0.1) is 0 Å². The quantitative estimate of drug-likeness (QED) is 0.620. The Kier molecular flexibility index (Phi) is 6.93. The number of alkyl halides is 3. The van der Waals surface area contributed by atoms with E-state index in [1.807, 2.05) is 25.2 Å². The fraction of sp³-hybridized carbons (Fsp3) is 0.364. The highest BCUT2D eigenvalue weighted by Gasteiger charge is 2.44. The van der Waals surface area contributed by atoms with Crippen LogP contribution in [-0.2, 0) is 16.0 Å². The number of nitrogens with one attached hydrogen (secondary N) is 1. The van der Waals surface area contributed by atoms with Gasteiger partial charge in [-0.15, -0.1) is 13.2 Å². The summed E-state index contributed by atoms with van der Waals surface area (Å²) in [5, 5.41) is 0. The van der Waals surface area contributed by atoms with E-state index in [1.165, 1.54) is 12.1 Å². The van der Waals surface area contributed by atoms with Crippen LogP contribution >= 0.6 is 0 Å². The highest BCUT2D eigenvalue weighted by atomic mass is 19.4. The summed E-state index contributed by atoms with van der Waals surface area (Å²) in [5.74, 6) is 0.0310. The van der Waals surface area contributed by atoms with E-state index >= 15 is 0 Å². The van der Waals surface area contributed by atoms with Gasteiger partial charge in [-0.1, -0.05) is 6.07 Å². The first-order valence-electron chi connectivity index (χ1n) is 9.88. The van der Waals surface area contributed by atoms with Crippen molar-refractivity contribution in [2.24, 2.45) is 0 Å². The molecule has 1 N–H and O–H groups in total. The number of carbonyl (C=O) groups is 2. The number of ether oxygens (including phenoxy) is 3. The van der Waals surface area contributed by atoms with Crippen LogP contribution in [0.1, 0.15) is 12.0 Å². The third-order valence-corrected chi connectivity index (χ3v) is 5.33. The molecule has 0 spiro atoms. The van der Waals surface area contributed by atoms with Gasteiger partial charge in [-0.2, -0.15) is 0 Å². The van der Waals surface area contributed by atoms with E-state index in [4.69, 9.17) is 9.47 Å². The average Bonchev–Trinajstić information content (AvgIpc) is 3.05. The number of rotatable bonds is 8. The van der Waals surface area contributed by atoms with Gasteiger partial charge < -0.3 is 19.1 Å². The molecule has 1 saturated heterocycles. The summed E-state index contributed by atoms with van der Waals surface area (Å²) in [6.45, 7) is 0.589. The number of benzene rings is 2. The van der Waals surface area contributed by atoms with Gasteiger partial charge >= 0.3 is 6.36 Å². The Bertz CT molecular complexity index is 979. The summed E-state index contributed by atoms with van der Waals surface area (Å²) in [6.07, 6.45) is -4.14. The second-order valence-corrected chi connectivity index (χ2v) is 7.40. The van der Waals surface area contributed by atoms with Crippen molar-refractivity contribution in [3.8, 4) is 17.2 Å². The van der Waals surface area contributed by atoms with Gasteiger partial charge in [0, 0.05) is 6.42 Å². The lowest BCUT2D eigenvalue weighted by molar-refractivity contribution is -0.894. The zero-order valence-electron chi connectivity index (χ0n) is 17.9. The predicted octanol–water partition coefficient (Wildman–Crippen LogP) is 1.99. The zero-order chi connectivity index (χ0) is 23.5. The van der Waals surface area contributed by atoms with Crippen LogP contribution in [-0.4, -0.2) is 52.0 Å². The van der Waals surface area contributed by atoms with E-state index in [2.05, 4.69) is 4.74 Å². The number of quaternary nitrogens is 1. The average molecular weight is 453 g/mol. The van der Waals surface area contributed by atoms with E-state index in [9.17, 15) is 22.8 Å². The molecule has 10 heteroatoms. The summed E-state index contributed by atoms with van der Waals surface area (Å²) in [7, 11) is 4.94. The van der Waals surface area contributed by atoms with E-state index in [-0.39, 0.29) is 18.0 Å². The molecule has 2 aromatic carbocycles. The monoisotopic (exact) mass is 453 g/mol. The van der Waals surface area contributed by atoms with Crippen LogP contribution in [0.5, 0.6) is 17.2 Å². The van der Waals surface area contributed by atoms with Crippen molar-refractivity contribution in [1.82, 2.24) is 0 Å². The van der Waals surface area contributed by atoms with Gasteiger partial charge in [0.15, 0.2) is 17.5 Å². The molecule has 2 atom stereocenters. The molecule has 1 aliphatic heterocycles. The second kappa shape index (κ2) is 9.47. The molecule has 1 aliphatic rings. The lowest BCUT2D eigenvalue weighted by Crippen LogP contribution is -3.14. The number of halogens is 3. The molecule has 2 amide bonds. The van der Waals surface area contributed by atoms with Gasteiger partial charge in [-0.25, -0.2) is 4.90 Å². The van der Waals surface area contributed by atoms with Crippen LogP contribution in [0.15, 0.2) is 42.5 Å². The highest BCUT2D eigenvalue weighted by Crippen LogP contribution is 2.29. The molecule has 1 heterocycles. The van der Waals surface area contributed by atoms with Gasteiger partial charge in [0.25, 0.3) is 5.91 Å². The number of imide groups is 1. The molecule has 2 unspecified atom stereocenters. The maximum atomic E-state index is 12.9. The van der Waals surface area contributed by atoms with E-state index < -0.39 is 24.1 Å². The molecule has 0 bridgehead atoms. The van der Waals surface area contributed by atoms with Crippen LogP contribution in [0.2, 0.25) is 0 Å². The fourth-order valence-corrected chi connectivity index (χ4v) is 3.64. The number of methoxy groups -OCH3 is 2. The second-order valence-electron chi connectivity index (χ2n) is 7.40. The van der Waals surface area contributed by atoms with Crippen LogP contribution < -0.4 is 24.0 Å². The Morgan fingerprint density at radius 2 is 1.69 bits per heavy atom. The number of likely N-dealkylation sites (N-methyl/N-ethyl adjacent to an activating group) is 1. The third-order valence-electron chi connectivity index (χ3n) is 5.33. The first kappa shape index (κ1) is 23.4. The molecule has 0 radical (unpaired) electrons. The van der Waals surface area contributed by atoms with Crippen molar-refractivity contribution in [2.75, 3.05) is 32.7 Å². The fourth-order valence-electron chi connectivity index (χ4n) is 3.64. The molecule has 3 rings (SSSR count). The first-order valence-corrected chi connectivity index (χ1v) is 9.88. The van der Waals surface area contributed by atoms with Gasteiger partial charge in [-0.05, 0) is 42.0 Å². The largest absolute Gasteiger partial charge is 0.573 e. The lowest BCUT2D eigenvalue weighted by atomic mass is 10.1. The van der Waals surface area contributed by atoms with E-state index in [0.717, 1.165) is 27.5 Å². The van der Waals surface area contributed by atoms with Crippen molar-refractivity contribution in [3.63, 3.8) is 0 Å². The van der Waals surface area contributed by atoms with E-state index in [1.54, 1.807) is 14.2 Å². The summed E-state index contributed by atoms with van der Waals surface area (Å²) in [5.41, 5.74) is 1.21. The molecule has 32 heavy (non-hydrogen) atoms. The summed E-state index contributed by atoms with van der Waals surface area (Å²) in [6, 6.07) is 9.68. The maximum absolute atomic E-state index is 12.9. The first-order chi connectivity index (χ1) is 15.1. The number of nitrogens with zero attached hydrogens (tertiary/aromatic N) is 1. The molecular weight excluding hydrogens is 429 g/mol. The Labute approximate surface area is 183 Å². The highest BCUT2D eigenvalue weighted by molar-refractivity contribution is 6.21. The topological polar surface area (TPSA) is 69.5 Å². The summed E-state index contributed by atoms with van der Waals surface area (Å²) < 4.78 is 51.3. The smallest absolute Gasteiger partial charge is 0.493 e. The Balaban J connectivity index is 1.65. The number of hydrogen-bond acceptors (Lipinski definition) is 5. The van der Waals surface area contributed by atoms with Crippen LogP contribution in [0.4, 0.5) is 18.9 Å². The van der Waals surface area contributed by atoms with Crippen molar-refractivity contribution >= 4 is 17.5 Å². The molecular formula is C22H24F3N2O5+. The zero-order valence-corrected chi connectivity index (χ0v) is 17.9. The van der Waals surface area contributed by atoms with Crippen LogP contribution in [0.3, 0.4) is 0 Å². The van der Waals surface area contributed by atoms with Crippen molar-refractivity contribution < 1.29 is 41.9 Å². The molecule has 2 aromatic rings. The Morgan fingerprint density at radius 1 is 1.03 bits per heavy atom. The molecule has 0 aromatic heterocycles. The van der Waals surface area contributed by atoms with E-state index in [0.29, 0.717) is 24.5 Å². The van der Waals surface area contributed by atoms with Gasteiger partial charge in [0.1, 0.15) is 5.75 Å². The molecule has 172 valence electrons. The summed E-state index contributed by atoms with van der Waals surface area (Å²) >= 11 is 0. The minimum absolute atomic E-state index is 0.0252. The third kappa shape index (κ3) is 5.31. The SMILES string of the molecule is COc1ccc(CC[NH+](C)C2CC(=O)N(c3ccc(OC(F)(F)F)cc3)C2=O)cc1OC. The normalized spacial score (nSPS) is 17.4. The minimum Gasteiger partial charge on any atom is -0.493 e. The molecule has 7 nitrogen and oxygen atoms in total. The Morgan fingerprint density at radius 3 is 2.28 bits per heavy atom. The number of amides is 2. The van der Waals surface area contributed by atoms with Crippen molar-refractivity contribution in [1.29, 1.82) is 0 Å². The maximum Gasteiger partial charge on any atom is 0.573 e. The van der Waals surface area contributed by atoms with Gasteiger partial charge in [0.2, 0.25) is 5.91 Å². The number of carbonyl (C=O) groups excluding carboxylic acids is 2. The molecule has 1 fully saturated rings. The molecule has 0 aliphatic carbocycles. The van der Waals surface area contributed by atoms with Crippen molar-refractivity contribution in [3.05, 3.63) is 48.0 Å². The number of anilines is 1.